The molecule has 1 aliphatic rings. The number of benzene rings is 1. The number of carbonyl (C=O) groups is 1. The highest BCUT2D eigenvalue weighted by molar-refractivity contribution is 5.95. The van der Waals surface area contributed by atoms with E-state index in [4.69, 9.17) is 10.5 Å². The summed E-state index contributed by atoms with van der Waals surface area (Å²) in [5.41, 5.74) is 5.67. The first-order chi connectivity index (χ1) is 10.1. The first-order valence-corrected chi connectivity index (χ1v) is 6.99. The third-order valence-corrected chi connectivity index (χ3v) is 3.48. The summed E-state index contributed by atoms with van der Waals surface area (Å²) in [6, 6.07) is 4.14. The van der Waals surface area contributed by atoms with E-state index in [1.807, 2.05) is 0 Å². The van der Waals surface area contributed by atoms with Crippen LogP contribution in [-0.2, 0) is 0 Å². The molecule has 22 heavy (non-hydrogen) atoms. The van der Waals surface area contributed by atoms with E-state index in [1.165, 1.54) is 18.2 Å². The maximum atomic E-state index is 12.2. The topological polar surface area (TPSA) is 107 Å². The fourth-order valence-electron chi connectivity index (χ4n) is 2.20. The Hall–Kier alpha value is -1.86. The highest BCUT2D eigenvalue weighted by Gasteiger charge is 2.31. The van der Waals surface area contributed by atoms with E-state index in [0.717, 1.165) is 12.8 Å². The van der Waals surface area contributed by atoms with E-state index < -0.39 is 4.92 Å². The molecule has 8 heteroatoms. The van der Waals surface area contributed by atoms with Gasteiger partial charge in [-0.15, -0.1) is 12.4 Å². The molecule has 0 aromatic heterocycles. The van der Waals surface area contributed by atoms with Crippen LogP contribution in [0.5, 0.6) is 5.75 Å². The van der Waals surface area contributed by atoms with Gasteiger partial charge in [0.1, 0.15) is 0 Å². The second kappa shape index (κ2) is 7.95. The lowest BCUT2D eigenvalue weighted by Gasteiger charge is -2.16. The molecule has 1 aliphatic carbocycles. The molecule has 1 atom stereocenters. The number of amides is 1. The average Bonchev–Trinajstić information content (AvgIpc) is 3.29. The Kier molecular flexibility index (Phi) is 6.58. The van der Waals surface area contributed by atoms with Crippen LogP contribution in [0.3, 0.4) is 0 Å². The van der Waals surface area contributed by atoms with Crippen molar-refractivity contribution in [3.05, 3.63) is 33.9 Å². The van der Waals surface area contributed by atoms with Gasteiger partial charge in [-0.1, -0.05) is 0 Å². The number of halogens is 1. The highest BCUT2D eigenvalue weighted by atomic mass is 35.5. The summed E-state index contributed by atoms with van der Waals surface area (Å²) in [4.78, 5) is 22.6. The number of carbonyl (C=O) groups excluding carboxylic acids is 1. The van der Waals surface area contributed by atoms with Crippen molar-refractivity contribution in [2.75, 3.05) is 13.2 Å². The largest absolute Gasteiger partial charge is 0.487 e. The zero-order valence-corrected chi connectivity index (χ0v) is 13.1. The summed E-state index contributed by atoms with van der Waals surface area (Å²) in [6.07, 6.45) is 2.12. The van der Waals surface area contributed by atoms with Crippen LogP contribution in [0.1, 0.15) is 30.1 Å². The third kappa shape index (κ3) is 4.32. The van der Waals surface area contributed by atoms with Crippen LogP contribution in [0.15, 0.2) is 18.2 Å². The number of nitro benzene ring substituents is 1. The summed E-state index contributed by atoms with van der Waals surface area (Å²) in [6.45, 7) is 2.44. The Labute approximate surface area is 134 Å². The molecule has 0 saturated heterocycles. The number of hydrogen-bond donors (Lipinski definition) is 2. The van der Waals surface area contributed by atoms with Crippen LogP contribution in [0.4, 0.5) is 5.69 Å². The van der Waals surface area contributed by atoms with Gasteiger partial charge in [0.05, 0.1) is 11.5 Å². The van der Waals surface area contributed by atoms with Crippen molar-refractivity contribution < 1.29 is 14.5 Å². The number of ether oxygens (including phenoxy) is 1. The summed E-state index contributed by atoms with van der Waals surface area (Å²) in [7, 11) is 0. The van der Waals surface area contributed by atoms with Gasteiger partial charge in [0.25, 0.3) is 5.91 Å². The van der Waals surface area contributed by atoms with Gasteiger partial charge >= 0.3 is 5.69 Å². The molecule has 1 aromatic carbocycles. The molecule has 1 unspecified atom stereocenters. The molecule has 122 valence electrons. The van der Waals surface area contributed by atoms with Crippen molar-refractivity contribution in [2.24, 2.45) is 11.7 Å². The lowest BCUT2D eigenvalue weighted by atomic mass is 10.1. The van der Waals surface area contributed by atoms with Crippen molar-refractivity contribution in [2.45, 2.75) is 25.8 Å². The van der Waals surface area contributed by atoms with Crippen LogP contribution in [0.2, 0.25) is 0 Å². The molecule has 0 aliphatic heterocycles. The molecule has 1 fully saturated rings. The third-order valence-electron chi connectivity index (χ3n) is 3.48. The van der Waals surface area contributed by atoms with Crippen LogP contribution in [-0.4, -0.2) is 30.0 Å². The normalized spacial score (nSPS) is 14.6. The molecule has 0 bridgehead atoms. The molecule has 0 radical (unpaired) electrons. The van der Waals surface area contributed by atoms with Crippen molar-refractivity contribution in [1.29, 1.82) is 0 Å². The molecule has 7 nitrogen and oxygen atoms in total. The summed E-state index contributed by atoms with van der Waals surface area (Å²) >= 11 is 0. The smallest absolute Gasteiger partial charge is 0.311 e. The minimum atomic E-state index is -0.553. The second-order valence-electron chi connectivity index (χ2n) is 5.03. The zero-order valence-electron chi connectivity index (χ0n) is 12.3. The number of nitrogens with two attached hydrogens (primary N) is 1. The van der Waals surface area contributed by atoms with Crippen molar-refractivity contribution in [3.8, 4) is 5.75 Å². The van der Waals surface area contributed by atoms with E-state index in [-0.39, 0.29) is 41.4 Å². The van der Waals surface area contributed by atoms with Gasteiger partial charge in [-0.2, -0.15) is 0 Å². The summed E-state index contributed by atoms with van der Waals surface area (Å²) in [5.74, 6) is 0.247. The Bertz CT molecular complexity index is 549. The van der Waals surface area contributed by atoms with E-state index in [9.17, 15) is 14.9 Å². The summed E-state index contributed by atoms with van der Waals surface area (Å²) < 4.78 is 5.19. The van der Waals surface area contributed by atoms with Gasteiger partial charge in [-0.25, -0.2) is 0 Å². The Morgan fingerprint density at radius 2 is 2.23 bits per heavy atom. The maximum absolute atomic E-state index is 12.2. The van der Waals surface area contributed by atoms with E-state index in [1.54, 1.807) is 6.92 Å². The number of nitrogens with zero attached hydrogens (tertiary/aromatic N) is 1. The molecule has 0 spiro atoms. The Balaban J connectivity index is 0.00000242. The van der Waals surface area contributed by atoms with E-state index in [0.29, 0.717) is 19.1 Å². The summed E-state index contributed by atoms with van der Waals surface area (Å²) in [5, 5.41) is 13.9. The van der Waals surface area contributed by atoms with Crippen LogP contribution < -0.4 is 15.8 Å². The van der Waals surface area contributed by atoms with Crippen molar-refractivity contribution >= 4 is 24.0 Å². The molecule has 2 rings (SSSR count). The molecule has 1 saturated carbocycles. The van der Waals surface area contributed by atoms with Crippen molar-refractivity contribution in [1.82, 2.24) is 5.32 Å². The molecule has 1 aromatic rings. The average molecular weight is 330 g/mol. The fraction of sp³-hybridized carbons (Fsp3) is 0.500. The first-order valence-electron chi connectivity index (χ1n) is 6.99. The predicted molar refractivity (Wildman–Crippen MR) is 84.5 cm³/mol. The standard InChI is InChI=1S/C14H19N3O4.ClH/c1-2-21-13-6-5-10(7-12(13)17(19)20)14(18)16-11(8-15)9-3-4-9;/h5-7,9,11H,2-4,8,15H2,1H3,(H,16,18);1H. The second-order valence-corrected chi connectivity index (χ2v) is 5.03. The molecular weight excluding hydrogens is 310 g/mol. The monoisotopic (exact) mass is 329 g/mol. The van der Waals surface area contributed by atoms with Crippen LogP contribution >= 0.6 is 12.4 Å². The van der Waals surface area contributed by atoms with Gasteiger partial charge in [0.2, 0.25) is 0 Å². The predicted octanol–water partition coefficient (Wildman–Crippen LogP) is 1.88. The SMILES string of the molecule is CCOc1ccc(C(=O)NC(CN)C2CC2)cc1[N+](=O)[O-].Cl. The van der Waals surface area contributed by atoms with Gasteiger partial charge in [0.15, 0.2) is 5.75 Å². The fourth-order valence-corrected chi connectivity index (χ4v) is 2.20. The first kappa shape index (κ1) is 18.2. The number of nitrogens with one attached hydrogen (secondary N) is 1. The lowest BCUT2D eigenvalue weighted by Crippen LogP contribution is -2.41. The molecule has 0 heterocycles. The van der Waals surface area contributed by atoms with Gasteiger partial charge < -0.3 is 15.8 Å². The lowest BCUT2D eigenvalue weighted by molar-refractivity contribution is -0.385. The minimum absolute atomic E-state index is 0. The van der Waals surface area contributed by atoms with Crippen LogP contribution in [0.25, 0.3) is 0 Å². The molecule has 1 amide bonds. The van der Waals surface area contributed by atoms with Gasteiger partial charge in [0, 0.05) is 24.2 Å². The zero-order chi connectivity index (χ0) is 15.4. The van der Waals surface area contributed by atoms with Gasteiger partial charge in [-0.05, 0) is 37.8 Å². The number of rotatable bonds is 7. The number of nitro groups is 1. The highest BCUT2D eigenvalue weighted by Crippen LogP contribution is 2.32. The van der Waals surface area contributed by atoms with Crippen molar-refractivity contribution in [3.63, 3.8) is 0 Å². The van der Waals surface area contributed by atoms with Crippen LogP contribution in [0, 0.1) is 16.0 Å². The quantitative estimate of drug-likeness (QED) is 0.586. The number of hydrogen-bond acceptors (Lipinski definition) is 5. The minimum Gasteiger partial charge on any atom is -0.487 e. The molecular formula is C14H20ClN3O4. The molecule has 3 N–H and O–H groups in total. The van der Waals surface area contributed by atoms with Gasteiger partial charge in [-0.3, -0.25) is 14.9 Å². The van der Waals surface area contributed by atoms with E-state index in [2.05, 4.69) is 5.32 Å². The Morgan fingerprint density at radius 3 is 2.73 bits per heavy atom. The Morgan fingerprint density at radius 1 is 1.55 bits per heavy atom. The van der Waals surface area contributed by atoms with E-state index >= 15 is 0 Å². The maximum Gasteiger partial charge on any atom is 0.311 e.